The third-order valence-electron chi connectivity index (χ3n) is 5.98. The molecule has 39 heavy (non-hydrogen) atoms. The number of hydrogen-bond donors (Lipinski definition) is 1. The number of nitrogens with one attached hydrogen (secondary N) is 1. The number of ether oxygens (including phenoxy) is 1. The second-order valence-corrected chi connectivity index (χ2v) is 11.5. The van der Waals surface area contributed by atoms with Gasteiger partial charge in [-0.2, -0.15) is 5.10 Å². The maximum atomic E-state index is 13.5. The molecule has 4 aromatic rings. The molecule has 10 heteroatoms. The van der Waals surface area contributed by atoms with Crippen molar-refractivity contribution in [1.82, 2.24) is 9.99 Å². The number of aryl methyl sites for hydroxylation is 1. The number of amides is 1. The zero-order valence-corrected chi connectivity index (χ0v) is 24.2. The Labute approximate surface area is 237 Å². The minimum Gasteiger partial charge on any atom is -0.494 e. The Bertz CT molecular complexity index is 1580. The van der Waals surface area contributed by atoms with Crippen molar-refractivity contribution < 1.29 is 17.9 Å². The SMILES string of the molecule is CCOc1ccc(N(CC(=O)N/N=C\c2cc(C)n(-c3cccc(Br)c3)c2C)S(=O)(=O)c2ccccc2)cc1. The molecule has 202 valence electrons. The molecule has 3 aromatic carbocycles. The van der Waals surface area contributed by atoms with Gasteiger partial charge < -0.3 is 9.30 Å². The first-order valence-electron chi connectivity index (χ1n) is 12.3. The summed E-state index contributed by atoms with van der Waals surface area (Å²) >= 11 is 3.51. The first kappa shape index (κ1) is 28.1. The van der Waals surface area contributed by atoms with E-state index >= 15 is 0 Å². The number of carbonyl (C=O) groups is 1. The van der Waals surface area contributed by atoms with Gasteiger partial charge in [-0.05, 0) is 81.4 Å². The summed E-state index contributed by atoms with van der Waals surface area (Å²) in [4.78, 5) is 13.0. The van der Waals surface area contributed by atoms with Gasteiger partial charge in [-0.1, -0.05) is 40.2 Å². The largest absolute Gasteiger partial charge is 0.494 e. The average Bonchev–Trinajstić information content (AvgIpc) is 3.21. The number of benzene rings is 3. The lowest BCUT2D eigenvalue weighted by molar-refractivity contribution is -0.119. The molecule has 0 fully saturated rings. The van der Waals surface area contributed by atoms with Gasteiger partial charge in [0.25, 0.3) is 15.9 Å². The van der Waals surface area contributed by atoms with Crippen molar-refractivity contribution in [2.75, 3.05) is 17.5 Å². The van der Waals surface area contributed by atoms with Gasteiger partial charge in [-0.15, -0.1) is 0 Å². The van der Waals surface area contributed by atoms with Gasteiger partial charge in [0.05, 0.1) is 23.4 Å². The first-order chi connectivity index (χ1) is 18.7. The van der Waals surface area contributed by atoms with E-state index in [0.29, 0.717) is 18.0 Å². The lowest BCUT2D eigenvalue weighted by Crippen LogP contribution is -2.39. The smallest absolute Gasteiger partial charge is 0.264 e. The Morgan fingerprint density at radius 1 is 1.03 bits per heavy atom. The fourth-order valence-electron chi connectivity index (χ4n) is 4.18. The molecule has 0 saturated heterocycles. The van der Waals surface area contributed by atoms with Crippen LogP contribution in [-0.2, 0) is 14.8 Å². The van der Waals surface area contributed by atoms with Crippen molar-refractivity contribution in [3.63, 3.8) is 0 Å². The number of anilines is 1. The fraction of sp³-hybridized carbons (Fsp3) is 0.172. The molecule has 0 spiro atoms. The summed E-state index contributed by atoms with van der Waals surface area (Å²) in [5.41, 5.74) is 6.59. The van der Waals surface area contributed by atoms with E-state index < -0.39 is 22.5 Å². The number of halogens is 1. The van der Waals surface area contributed by atoms with Crippen molar-refractivity contribution in [3.8, 4) is 11.4 Å². The molecule has 0 aliphatic carbocycles. The topological polar surface area (TPSA) is 93.0 Å². The molecule has 0 saturated carbocycles. The summed E-state index contributed by atoms with van der Waals surface area (Å²) in [6, 6.07) is 24.5. The van der Waals surface area contributed by atoms with Crippen molar-refractivity contribution >= 4 is 43.8 Å². The van der Waals surface area contributed by atoms with Crippen LogP contribution in [0.2, 0.25) is 0 Å². The quantitative estimate of drug-likeness (QED) is 0.187. The van der Waals surface area contributed by atoms with Crippen LogP contribution in [0.4, 0.5) is 5.69 Å². The van der Waals surface area contributed by atoms with Gasteiger partial charge in [0.15, 0.2) is 0 Å². The van der Waals surface area contributed by atoms with Crippen LogP contribution < -0.4 is 14.5 Å². The number of hydrogen-bond acceptors (Lipinski definition) is 5. The van der Waals surface area contributed by atoms with E-state index in [1.54, 1.807) is 48.7 Å². The molecule has 0 unspecified atom stereocenters. The highest BCUT2D eigenvalue weighted by Crippen LogP contribution is 2.26. The van der Waals surface area contributed by atoms with E-state index in [-0.39, 0.29) is 4.90 Å². The molecule has 8 nitrogen and oxygen atoms in total. The summed E-state index contributed by atoms with van der Waals surface area (Å²) < 4.78 is 36.6. The number of hydrazone groups is 1. The lowest BCUT2D eigenvalue weighted by Gasteiger charge is -2.24. The minimum absolute atomic E-state index is 0.0789. The predicted molar refractivity (Wildman–Crippen MR) is 157 cm³/mol. The van der Waals surface area contributed by atoms with Crippen LogP contribution in [-0.4, -0.2) is 38.3 Å². The molecule has 0 aliphatic rings. The molecule has 1 amide bonds. The van der Waals surface area contributed by atoms with Gasteiger partial charge in [0.2, 0.25) is 0 Å². The standard InChI is InChI=1S/C29H29BrN4O4S/c1-4-38-27-15-13-25(14-16-27)33(39(36,37)28-11-6-5-7-12-28)20-29(35)32-31-19-23-17-21(2)34(22(23)3)26-10-8-9-24(30)18-26/h5-19H,4,20H2,1-3H3,(H,32,35)/b31-19-. The van der Waals surface area contributed by atoms with Crippen LogP contribution in [0, 0.1) is 13.8 Å². The van der Waals surface area contributed by atoms with E-state index in [1.807, 2.05) is 51.1 Å². The van der Waals surface area contributed by atoms with E-state index in [4.69, 9.17) is 4.74 Å². The number of nitrogens with zero attached hydrogens (tertiary/aromatic N) is 3. The number of carbonyl (C=O) groups excluding carboxylic acids is 1. The Balaban J connectivity index is 1.54. The molecule has 0 atom stereocenters. The highest BCUT2D eigenvalue weighted by Gasteiger charge is 2.27. The fourth-order valence-corrected chi connectivity index (χ4v) is 6.01. The van der Waals surface area contributed by atoms with Crippen molar-refractivity contribution in [2.24, 2.45) is 5.10 Å². The Kier molecular flexibility index (Phi) is 8.88. The number of rotatable bonds is 10. The summed E-state index contributed by atoms with van der Waals surface area (Å²) in [5.74, 6) is 0.0215. The molecule has 0 aliphatic heterocycles. The summed E-state index contributed by atoms with van der Waals surface area (Å²) in [6.45, 7) is 5.85. The predicted octanol–water partition coefficient (Wildman–Crippen LogP) is 5.60. The first-order valence-corrected chi connectivity index (χ1v) is 14.5. The molecular weight excluding hydrogens is 580 g/mol. The van der Waals surface area contributed by atoms with Crippen LogP contribution in [0.25, 0.3) is 5.69 Å². The maximum Gasteiger partial charge on any atom is 0.264 e. The Morgan fingerprint density at radius 3 is 2.41 bits per heavy atom. The molecule has 0 radical (unpaired) electrons. The van der Waals surface area contributed by atoms with Crippen LogP contribution in [0.15, 0.2) is 99.4 Å². The average molecular weight is 610 g/mol. The third-order valence-corrected chi connectivity index (χ3v) is 8.27. The van der Waals surface area contributed by atoms with Crippen molar-refractivity contribution in [2.45, 2.75) is 25.7 Å². The van der Waals surface area contributed by atoms with Crippen LogP contribution >= 0.6 is 15.9 Å². The minimum atomic E-state index is -4.02. The van der Waals surface area contributed by atoms with E-state index in [0.717, 1.165) is 31.4 Å². The van der Waals surface area contributed by atoms with Gasteiger partial charge in [-0.25, -0.2) is 13.8 Å². The van der Waals surface area contributed by atoms with Gasteiger partial charge in [0, 0.05) is 27.1 Å². The van der Waals surface area contributed by atoms with Crippen LogP contribution in [0.3, 0.4) is 0 Å². The van der Waals surface area contributed by atoms with E-state index in [2.05, 4.69) is 31.0 Å². The van der Waals surface area contributed by atoms with E-state index in [9.17, 15) is 13.2 Å². The zero-order valence-electron chi connectivity index (χ0n) is 21.8. The Morgan fingerprint density at radius 2 is 1.74 bits per heavy atom. The molecular formula is C29H29BrN4O4S. The monoisotopic (exact) mass is 608 g/mol. The van der Waals surface area contributed by atoms with Gasteiger partial charge >= 0.3 is 0 Å². The molecule has 1 N–H and O–H groups in total. The van der Waals surface area contributed by atoms with Crippen LogP contribution in [0.5, 0.6) is 5.75 Å². The highest BCUT2D eigenvalue weighted by atomic mass is 79.9. The van der Waals surface area contributed by atoms with Gasteiger partial charge in [0.1, 0.15) is 12.3 Å². The molecule has 4 rings (SSSR count). The van der Waals surface area contributed by atoms with Crippen molar-refractivity contribution in [1.29, 1.82) is 0 Å². The third kappa shape index (κ3) is 6.58. The second-order valence-electron chi connectivity index (χ2n) is 8.69. The Hall–Kier alpha value is -3.89. The molecule has 0 bridgehead atoms. The van der Waals surface area contributed by atoms with Gasteiger partial charge in [-0.3, -0.25) is 9.10 Å². The normalized spacial score (nSPS) is 11.5. The molecule has 1 heterocycles. The number of sulfonamides is 1. The zero-order chi connectivity index (χ0) is 28.0. The summed E-state index contributed by atoms with van der Waals surface area (Å²) in [7, 11) is -4.02. The summed E-state index contributed by atoms with van der Waals surface area (Å²) in [5, 5.41) is 4.12. The number of aromatic nitrogens is 1. The van der Waals surface area contributed by atoms with Crippen LogP contribution in [0.1, 0.15) is 23.9 Å². The highest BCUT2D eigenvalue weighted by molar-refractivity contribution is 9.10. The van der Waals surface area contributed by atoms with Crippen molar-refractivity contribution in [3.05, 3.63) is 106 Å². The molecule has 1 aromatic heterocycles. The second kappa shape index (κ2) is 12.3. The lowest BCUT2D eigenvalue weighted by atomic mass is 10.2. The van der Waals surface area contributed by atoms with E-state index in [1.165, 1.54) is 12.1 Å². The summed E-state index contributed by atoms with van der Waals surface area (Å²) in [6.07, 6.45) is 1.56. The maximum absolute atomic E-state index is 13.5.